The number of para-hydroxylation sites is 1. The molecular weight excluding hydrogens is 569 g/mol. The minimum Gasteiger partial charge on any atom is -0.295 e. The Hall–Kier alpha value is -5.73. The summed E-state index contributed by atoms with van der Waals surface area (Å²) in [6.45, 7) is 12.7. The predicted octanol–water partition coefficient (Wildman–Crippen LogP) is 11.2. The molecule has 9 rings (SSSR count). The number of hydrogen-bond acceptors (Lipinski definition) is 2. The molecule has 6 aromatic carbocycles. The Morgan fingerprint density at radius 3 is 1.60 bits per heavy atom. The first-order valence-corrected chi connectivity index (χ1v) is 16.3. The zero-order valence-electron chi connectivity index (χ0n) is 26.7. The third-order valence-electron chi connectivity index (χ3n) is 10.7. The molecule has 0 aromatic heterocycles. The van der Waals surface area contributed by atoms with Crippen molar-refractivity contribution in [3.05, 3.63) is 191 Å². The molecular formula is C45H34N2. The van der Waals surface area contributed by atoms with E-state index in [-0.39, 0.29) is 10.8 Å². The van der Waals surface area contributed by atoms with Crippen molar-refractivity contribution in [2.24, 2.45) is 4.99 Å². The van der Waals surface area contributed by atoms with Crippen LogP contribution < -0.4 is 4.90 Å². The molecule has 0 N–H and O–H groups in total. The van der Waals surface area contributed by atoms with Gasteiger partial charge < -0.3 is 0 Å². The molecule has 0 fully saturated rings. The highest BCUT2D eigenvalue weighted by Crippen LogP contribution is 2.63. The molecule has 0 radical (unpaired) electrons. The summed E-state index contributed by atoms with van der Waals surface area (Å²) in [5, 5.41) is 0. The summed E-state index contributed by atoms with van der Waals surface area (Å²) in [4.78, 5) is 6.77. The lowest BCUT2D eigenvalue weighted by molar-refractivity contribution is 0.616. The van der Waals surface area contributed by atoms with Gasteiger partial charge in [-0.15, -0.1) is 0 Å². The number of nitrogens with zero attached hydrogens (tertiary/aromatic N) is 2. The Balaban J connectivity index is 1.28. The minimum absolute atomic E-state index is 0.327. The van der Waals surface area contributed by atoms with Gasteiger partial charge in [0.25, 0.3) is 0 Å². The lowest BCUT2D eigenvalue weighted by atomic mass is 9.70. The van der Waals surface area contributed by atoms with Crippen molar-refractivity contribution in [2.45, 2.75) is 24.7 Å². The van der Waals surface area contributed by atoms with Crippen molar-refractivity contribution < 1.29 is 0 Å². The molecule has 0 amide bonds. The third kappa shape index (κ3) is 3.53. The second kappa shape index (κ2) is 9.88. The normalized spacial score (nSPS) is 15.8. The van der Waals surface area contributed by atoms with Crippen LogP contribution in [0.5, 0.6) is 0 Å². The van der Waals surface area contributed by atoms with Crippen LogP contribution in [0.25, 0.3) is 33.4 Å². The maximum Gasteiger partial charge on any atom is 0.140 e. The van der Waals surface area contributed by atoms with E-state index in [9.17, 15) is 0 Å². The Morgan fingerprint density at radius 2 is 1.04 bits per heavy atom. The third-order valence-corrected chi connectivity index (χ3v) is 10.7. The van der Waals surface area contributed by atoms with Crippen LogP contribution in [0, 0.1) is 0 Å². The first-order chi connectivity index (χ1) is 23.0. The van der Waals surface area contributed by atoms with Crippen LogP contribution in [0.2, 0.25) is 0 Å². The summed E-state index contributed by atoms with van der Waals surface area (Å²) in [6, 6.07) is 51.4. The molecule has 2 aliphatic carbocycles. The van der Waals surface area contributed by atoms with Crippen LogP contribution in [0.1, 0.15) is 41.7 Å². The number of anilines is 2. The first kappa shape index (κ1) is 27.6. The number of hydrogen-bond donors (Lipinski definition) is 0. The van der Waals surface area contributed by atoms with Crippen LogP contribution in [-0.2, 0) is 10.8 Å². The number of allylic oxidation sites excluding steroid dienone is 2. The molecule has 224 valence electrons. The van der Waals surface area contributed by atoms with E-state index in [2.05, 4.69) is 170 Å². The highest BCUT2D eigenvalue weighted by Gasteiger charge is 2.51. The van der Waals surface area contributed by atoms with Gasteiger partial charge in [-0.2, -0.15) is 0 Å². The van der Waals surface area contributed by atoms with Gasteiger partial charge in [0, 0.05) is 16.7 Å². The second-order valence-electron chi connectivity index (χ2n) is 13.3. The number of rotatable bonds is 4. The summed E-state index contributed by atoms with van der Waals surface area (Å²) >= 11 is 0. The lowest BCUT2D eigenvalue weighted by Crippen LogP contribution is -2.33. The van der Waals surface area contributed by atoms with Crippen molar-refractivity contribution in [2.75, 3.05) is 4.90 Å². The van der Waals surface area contributed by atoms with Crippen LogP contribution in [0.3, 0.4) is 0 Å². The Morgan fingerprint density at radius 1 is 0.553 bits per heavy atom. The predicted molar refractivity (Wildman–Crippen MR) is 197 cm³/mol. The molecule has 0 unspecified atom stereocenters. The van der Waals surface area contributed by atoms with Crippen molar-refractivity contribution in [3.63, 3.8) is 0 Å². The molecule has 0 atom stereocenters. The van der Waals surface area contributed by atoms with E-state index < -0.39 is 0 Å². The van der Waals surface area contributed by atoms with E-state index in [0.717, 1.165) is 22.8 Å². The smallest absolute Gasteiger partial charge is 0.140 e. The average molecular weight is 603 g/mol. The van der Waals surface area contributed by atoms with Gasteiger partial charge in [0.2, 0.25) is 0 Å². The summed E-state index contributed by atoms with van der Waals surface area (Å²) in [5.41, 5.74) is 16.9. The molecule has 2 nitrogen and oxygen atoms in total. The molecule has 0 saturated heterocycles. The van der Waals surface area contributed by atoms with Crippen LogP contribution in [0.15, 0.2) is 169 Å². The van der Waals surface area contributed by atoms with Crippen molar-refractivity contribution in [3.8, 4) is 33.4 Å². The van der Waals surface area contributed by atoms with Gasteiger partial charge in [-0.1, -0.05) is 136 Å². The van der Waals surface area contributed by atoms with Gasteiger partial charge in [-0.3, -0.25) is 4.90 Å². The molecule has 0 bridgehead atoms. The van der Waals surface area contributed by atoms with E-state index in [1.165, 1.54) is 61.2 Å². The SMILES string of the molecule is C=CC1=C(N=C)N(c2ccccc2)c2ccc(-c3ccc4c(c3)C3(c5ccccc5-c5ccccc53)c3ccccc3-4)cc2C1(C)C. The lowest BCUT2D eigenvalue weighted by Gasteiger charge is -2.41. The van der Waals surface area contributed by atoms with Crippen molar-refractivity contribution >= 4 is 18.1 Å². The van der Waals surface area contributed by atoms with Crippen LogP contribution >= 0.6 is 0 Å². The fourth-order valence-corrected chi connectivity index (χ4v) is 8.69. The second-order valence-corrected chi connectivity index (χ2v) is 13.3. The molecule has 1 spiro atoms. The molecule has 1 aliphatic heterocycles. The molecule has 47 heavy (non-hydrogen) atoms. The highest BCUT2D eigenvalue weighted by atomic mass is 15.2. The molecule has 0 saturated carbocycles. The Kier molecular flexibility index (Phi) is 5.80. The highest BCUT2D eigenvalue weighted by molar-refractivity contribution is 5.96. The standard InChI is InChI=1S/C45H34N2/c1-5-36-43(46-4)47(31-15-7-6-8-16-31)42-26-24-30(28-41(42)44(36,2)3)29-23-25-35-34-19-11-14-22-39(34)45(40(35)27-29)37-20-12-9-17-32(37)33-18-10-13-21-38(33)45/h5-28H,1,4H2,2-3H3. The minimum atomic E-state index is -0.365. The monoisotopic (exact) mass is 602 g/mol. The summed E-state index contributed by atoms with van der Waals surface area (Å²) in [7, 11) is 0. The Bertz CT molecular complexity index is 2260. The van der Waals surface area contributed by atoms with Crippen LogP contribution in [0.4, 0.5) is 11.4 Å². The van der Waals surface area contributed by atoms with Gasteiger partial charge in [0.15, 0.2) is 0 Å². The first-order valence-electron chi connectivity index (χ1n) is 16.3. The summed E-state index contributed by atoms with van der Waals surface area (Å²) in [5.74, 6) is 0.826. The number of benzene rings is 6. The summed E-state index contributed by atoms with van der Waals surface area (Å²) < 4.78 is 0. The summed E-state index contributed by atoms with van der Waals surface area (Å²) in [6.07, 6.45) is 1.95. The maximum atomic E-state index is 4.55. The van der Waals surface area contributed by atoms with Gasteiger partial charge >= 0.3 is 0 Å². The van der Waals surface area contributed by atoms with E-state index >= 15 is 0 Å². The van der Waals surface area contributed by atoms with Gasteiger partial charge in [0.1, 0.15) is 5.82 Å². The zero-order valence-corrected chi connectivity index (χ0v) is 26.7. The fourth-order valence-electron chi connectivity index (χ4n) is 8.69. The van der Waals surface area contributed by atoms with Gasteiger partial charge in [-0.05, 0) is 98.2 Å². The quantitative estimate of drug-likeness (QED) is 0.183. The molecule has 6 aromatic rings. The number of aliphatic imine (C=N–C) groups is 1. The fraction of sp³-hybridized carbons (Fsp3) is 0.0889. The largest absolute Gasteiger partial charge is 0.295 e. The Labute approximate surface area is 276 Å². The molecule has 3 aliphatic rings. The van der Waals surface area contributed by atoms with Crippen molar-refractivity contribution in [1.82, 2.24) is 0 Å². The van der Waals surface area contributed by atoms with E-state index in [1.54, 1.807) is 0 Å². The number of fused-ring (bicyclic) bond motifs is 11. The average Bonchev–Trinajstić information content (AvgIpc) is 3.59. The van der Waals surface area contributed by atoms with Crippen LogP contribution in [-0.4, -0.2) is 6.72 Å². The van der Waals surface area contributed by atoms with E-state index in [0.29, 0.717) is 0 Å². The maximum absolute atomic E-state index is 4.55. The van der Waals surface area contributed by atoms with Gasteiger partial charge in [0.05, 0.1) is 11.1 Å². The molecule has 2 heteroatoms. The zero-order chi connectivity index (χ0) is 31.9. The molecule has 1 heterocycles. The van der Waals surface area contributed by atoms with Crippen molar-refractivity contribution in [1.29, 1.82) is 0 Å². The van der Waals surface area contributed by atoms with Gasteiger partial charge in [-0.25, -0.2) is 4.99 Å². The van der Waals surface area contributed by atoms with E-state index in [4.69, 9.17) is 0 Å². The topological polar surface area (TPSA) is 15.6 Å². The van der Waals surface area contributed by atoms with E-state index in [1.807, 2.05) is 12.1 Å².